The van der Waals surface area contributed by atoms with Crippen LogP contribution in [0.4, 0.5) is 0 Å². The van der Waals surface area contributed by atoms with E-state index in [1.165, 1.54) is 64.2 Å². The normalized spacial score (nSPS) is 11.8. The predicted octanol–water partition coefficient (Wildman–Crippen LogP) is 5.79. The fourth-order valence-corrected chi connectivity index (χ4v) is 4.15. The molecule has 0 aliphatic heterocycles. The van der Waals surface area contributed by atoms with Crippen LogP contribution >= 0.6 is 0 Å². The van der Waals surface area contributed by atoms with Gasteiger partial charge in [0, 0.05) is 6.61 Å². The molecule has 0 saturated heterocycles. The van der Waals surface area contributed by atoms with E-state index in [4.69, 9.17) is 47.4 Å². The molecule has 0 aliphatic rings. The number of ether oxygens (including phenoxy) is 10. The molecule has 11 heteroatoms. The van der Waals surface area contributed by atoms with E-state index in [9.17, 15) is 4.79 Å². The molecule has 0 fully saturated rings. The molecular formula is C35H70O11. The van der Waals surface area contributed by atoms with Crippen LogP contribution in [-0.2, 0) is 52.2 Å². The fraction of sp³-hybridized carbons (Fsp3) is 0.971. The van der Waals surface area contributed by atoms with Crippen molar-refractivity contribution in [3.63, 3.8) is 0 Å². The minimum absolute atomic E-state index is 0.0763. The van der Waals surface area contributed by atoms with Crippen molar-refractivity contribution in [1.29, 1.82) is 0 Å². The van der Waals surface area contributed by atoms with Gasteiger partial charge in [-0.25, -0.2) is 4.79 Å². The third-order valence-electron chi connectivity index (χ3n) is 6.51. The molecule has 0 radical (unpaired) electrons. The summed E-state index contributed by atoms with van der Waals surface area (Å²) < 4.78 is 54.4. The quantitative estimate of drug-likeness (QED) is 0.0590. The SMILES string of the molecule is CCCCCCCCCCCCCOCCOCCOCCOCCOCCOCCOCCOCCOCC(=O)OC(C)(C)C. The van der Waals surface area contributed by atoms with E-state index in [0.717, 1.165) is 13.0 Å². The largest absolute Gasteiger partial charge is 0.458 e. The maximum Gasteiger partial charge on any atom is 0.332 e. The molecule has 0 heterocycles. The van der Waals surface area contributed by atoms with Crippen LogP contribution in [-0.4, -0.2) is 130 Å². The Hall–Kier alpha value is -0.890. The van der Waals surface area contributed by atoms with Gasteiger partial charge in [0.1, 0.15) is 12.2 Å². The van der Waals surface area contributed by atoms with Crippen LogP contribution in [0.5, 0.6) is 0 Å². The highest BCUT2D eigenvalue weighted by atomic mass is 16.6. The van der Waals surface area contributed by atoms with Gasteiger partial charge in [-0.15, -0.1) is 0 Å². The topological polar surface area (TPSA) is 109 Å². The highest BCUT2D eigenvalue weighted by Crippen LogP contribution is 2.11. The molecule has 0 saturated carbocycles. The van der Waals surface area contributed by atoms with Gasteiger partial charge in [0.2, 0.25) is 0 Å². The summed E-state index contributed by atoms with van der Waals surface area (Å²) in [6.07, 6.45) is 14.8. The van der Waals surface area contributed by atoms with Gasteiger partial charge in [0.05, 0.1) is 106 Å². The lowest BCUT2D eigenvalue weighted by molar-refractivity contribution is -0.160. The Bertz CT molecular complexity index is 602. The van der Waals surface area contributed by atoms with Crippen LogP contribution in [0.2, 0.25) is 0 Å². The molecule has 0 N–H and O–H groups in total. The van der Waals surface area contributed by atoms with Crippen molar-refractivity contribution < 1.29 is 52.2 Å². The smallest absolute Gasteiger partial charge is 0.332 e. The molecule has 0 atom stereocenters. The lowest BCUT2D eigenvalue weighted by atomic mass is 10.1. The molecular weight excluding hydrogens is 596 g/mol. The van der Waals surface area contributed by atoms with Crippen LogP contribution < -0.4 is 0 Å². The average molecular weight is 667 g/mol. The summed E-state index contributed by atoms with van der Waals surface area (Å²) in [5.41, 5.74) is -0.505. The number of rotatable bonds is 38. The summed E-state index contributed by atoms with van der Waals surface area (Å²) in [7, 11) is 0. The summed E-state index contributed by atoms with van der Waals surface area (Å²) in [6.45, 7) is 16.6. The maximum atomic E-state index is 11.5. The molecule has 0 amide bonds. The molecule has 0 rings (SSSR count). The lowest BCUT2D eigenvalue weighted by Gasteiger charge is -2.19. The Morgan fingerprint density at radius 3 is 0.935 bits per heavy atom. The summed E-state index contributed by atoms with van der Waals surface area (Å²) in [5.74, 6) is -0.380. The highest BCUT2D eigenvalue weighted by molar-refractivity contribution is 5.71. The molecule has 0 unspecified atom stereocenters. The lowest BCUT2D eigenvalue weighted by Crippen LogP contribution is -2.27. The summed E-state index contributed by atoms with van der Waals surface area (Å²) >= 11 is 0. The first-order valence-corrected chi connectivity index (χ1v) is 17.9. The van der Waals surface area contributed by atoms with E-state index in [2.05, 4.69) is 6.92 Å². The van der Waals surface area contributed by atoms with E-state index in [1.807, 2.05) is 20.8 Å². The Morgan fingerprint density at radius 1 is 0.370 bits per heavy atom. The highest BCUT2D eigenvalue weighted by Gasteiger charge is 2.15. The van der Waals surface area contributed by atoms with E-state index < -0.39 is 5.60 Å². The first-order valence-electron chi connectivity index (χ1n) is 17.9. The van der Waals surface area contributed by atoms with Crippen molar-refractivity contribution in [3.8, 4) is 0 Å². The van der Waals surface area contributed by atoms with Gasteiger partial charge in [-0.3, -0.25) is 0 Å². The van der Waals surface area contributed by atoms with Crippen LogP contribution in [0, 0.1) is 0 Å². The zero-order chi connectivity index (χ0) is 33.7. The van der Waals surface area contributed by atoms with Gasteiger partial charge >= 0.3 is 5.97 Å². The predicted molar refractivity (Wildman–Crippen MR) is 180 cm³/mol. The van der Waals surface area contributed by atoms with Gasteiger partial charge in [0.15, 0.2) is 0 Å². The minimum Gasteiger partial charge on any atom is -0.458 e. The maximum absolute atomic E-state index is 11.5. The van der Waals surface area contributed by atoms with Gasteiger partial charge in [-0.1, -0.05) is 71.1 Å². The molecule has 0 bridgehead atoms. The van der Waals surface area contributed by atoms with Crippen molar-refractivity contribution in [2.75, 3.05) is 119 Å². The van der Waals surface area contributed by atoms with E-state index >= 15 is 0 Å². The van der Waals surface area contributed by atoms with Gasteiger partial charge < -0.3 is 47.4 Å². The Labute approximate surface area is 280 Å². The van der Waals surface area contributed by atoms with Gasteiger partial charge in [-0.2, -0.15) is 0 Å². The molecule has 0 aromatic heterocycles. The molecule has 0 spiro atoms. The third-order valence-corrected chi connectivity index (χ3v) is 6.51. The number of hydrogen-bond donors (Lipinski definition) is 0. The summed E-state index contributed by atoms with van der Waals surface area (Å²) in [5, 5.41) is 0. The number of carbonyl (C=O) groups excluding carboxylic acids is 1. The van der Waals surface area contributed by atoms with E-state index in [1.54, 1.807) is 0 Å². The van der Waals surface area contributed by atoms with Crippen molar-refractivity contribution in [1.82, 2.24) is 0 Å². The second-order valence-corrected chi connectivity index (χ2v) is 12.1. The van der Waals surface area contributed by atoms with Crippen LogP contribution in [0.1, 0.15) is 98.3 Å². The van der Waals surface area contributed by atoms with Gasteiger partial charge in [0.25, 0.3) is 0 Å². The zero-order valence-electron chi connectivity index (χ0n) is 30.0. The molecule has 0 aliphatic carbocycles. The van der Waals surface area contributed by atoms with Crippen LogP contribution in [0.3, 0.4) is 0 Å². The first-order chi connectivity index (χ1) is 22.5. The summed E-state index contributed by atoms with van der Waals surface area (Å²) in [4.78, 5) is 11.5. The van der Waals surface area contributed by atoms with Gasteiger partial charge in [-0.05, 0) is 27.2 Å². The second-order valence-electron chi connectivity index (χ2n) is 12.1. The monoisotopic (exact) mass is 666 g/mol. The van der Waals surface area contributed by atoms with Crippen LogP contribution in [0.15, 0.2) is 0 Å². The minimum atomic E-state index is -0.505. The number of hydrogen-bond acceptors (Lipinski definition) is 11. The molecule has 276 valence electrons. The Kier molecular flexibility index (Phi) is 36.2. The standard InChI is InChI=1S/C35H70O11/c1-5-6-7-8-9-10-11-12-13-14-15-16-37-17-18-38-19-20-39-21-22-40-23-24-41-25-26-42-27-28-43-29-30-44-31-32-45-33-34(36)46-35(2,3)4/h5-33H2,1-4H3. The number of unbranched alkanes of at least 4 members (excludes halogenated alkanes) is 10. The molecule has 0 aromatic carbocycles. The Morgan fingerprint density at radius 2 is 0.630 bits per heavy atom. The van der Waals surface area contributed by atoms with E-state index in [0.29, 0.717) is 106 Å². The number of carbonyl (C=O) groups is 1. The second kappa shape index (κ2) is 36.9. The number of esters is 1. The third kappa shape index (κ3) is 41.1. The summed E-state index contributed by atoms with van der Waals surface area (Å²) in [6, 6.07) is 0. The molecule has 46 heavy (non-hydrogen) atoms. The van der Waals surface area contributed by atoms with E-state index in [-0.39, 0.29) is 12.6 Å². The first kappa shape index (κ1) is 45.1. The zero-order valence-corrected chi connectivity index (χ0v) is 30.0. The van der Waals surface area contributed by atoms with Crippen LogP contribution in [0.25, 0.3) is 0 Å². The Balaban J connectivity index is 3.09. The van der Waals surface area contributed by atoms with Crippen molar-refractivity contribution in [2.24, 2.45) is 0 Å². The van der Waals surface area contributed by atoms with Crippen molar-refractivity contribution in [3.05, 3.63) is 0 Å². The fourth-order valence-electron chi connectivity index (χ4n) is 4.15. The van der Waals surface area contributed by atoms with Crippen molar-refractivity contribution >= 4 is 5.97 Å². The average Bonchev–Trinajstić information content (AvgIpc) is 3.01. The van der Waals surface area contributed by atoms with Crippen molar-refractivity contribution in [2.45, 2.75) is 104 Å². The molecule has 11 nitrogen and oxygen atoms in total. The molecule has 0 aromatic rings.